The largest absolute Gasteiger partial charge is 0.420 e. The third kappa shape index (κ3) is 3.39. The molecule has 0 unspecified atom stereocenters. The number of fused-ring (bicyclic) bond motifs is 1. The van der Waals surface area contributed by atoms with E-state index in [1.54, 1.807) is 12.4 Å². The first-order chi connectivity index (χ1) is 13.9. The smallest absolute Gasteiger partial charge is 0.247 e. The Morgan fingerprint density at radius 3 is 2.61 bits per heavy atom. The highest BCUT2D eigenvalue weighted by molar-refractivity contribution is 5.81. The Morgan fingerprint density at radius 2 is 1.75 bits per heavy atom. The quantitative estimate of drug-likeness (QED) is 0.539. The summed E-state index contributed by atoms with van der Waals surface area (Å²) in [5.74, 6) is 1.64. The second kappa shape index (κ2) is 7.48. The fraction of sp³-hybridized carbons (Fsp3) is 0.273. The van der Waals surface area contributed by atoms with Crippen molar-refractivity contribution in [2.75, 3.05) is 13.1 Å². The second-order valence-corrected chi connectivity index (χ2v) is 7.22. The summed E-state index contributed by atoms with van der Waals surface area (Å²) in [7, 11) is 0. The number of rotatable bonds is 4. The second-order valence-electron chi connectivity index (χ2n) is 7.22. The summed E-state index contributed by atoms with van der Waals surface area (Å²) in [4.78, 5) is 11.1. The van der Waals surface area contributed by atoms with Gasteiger partial charge in [0.15, 0.2) is 0 Å². The molecule has 0 radical (unpaired) electrons. The molecule has 0 bridgehead atoms. The maximum absolute atomic E-state index is 5.94. The van der Waals surface area contributed by atoms with Crippen LogP contribution >= 0.6 is 0 Å². The molecule has 1 aliphatic heterocycles. The molecule has 1 aliphatic rings. The Hall–Kier alpha value is -3.12. The Bertz CT molecular complexity index is 1070. The lowest BCUT2D eigenvalue weighted by atomic mass is 9.96. The molecule has 1 aromatic carbocycles. The molecule has 0 aliphatic carbocycles. The number of benzene rings is 1. The van der Waals surface area contributed by atoms with Crippen molar-refractivity contribution < 1.29 is 4.42 Å². The molecule has 0 amide bonds. The molecule has 0 saturated carbocycles. The predicted molar refractivity (Wildman–Crippen MR) is 107 cm³/mol. The number of hydrogen-bond donors (Lipinski definition) is 0. The van der Waals surface area contributed by atoms with Gasteiger partial charge in [0.2, 0.25) is 11.8 Å². The molecule has 0 atom stereocenters. The number of nitrogens with zero attached hydrogens (tertiary/aromatic N) is 5. The zero-order valence-corrected chi connectivity index (χ0v) is 15.5. The molecular formula is C22H21N5O. The van der Waals surface area contributed by atoms with E-state index in [1.165, 1.54) is 10.9 Å². The van der Waals surface area contributed by atoms with Crippen molar-refractivity contribution >= 4 is 10.9 Å². The highest BCUT2D eigenvalue weighted by Gasteiger charge is 2.25. The average Bonchev–Trinajstić information content (AvgIpc) is 3.26. The van der Waals surface area contributed by atoms with E-state index in [4.69, 9.17) is 4.42 Å². The van der Waals surface area contributed by atoms with Gasteiger partial charge in [0, 0.05) is 42.0 Å². The van der Waals surface area contributed by atoms with E-state index in [1.807, 2.05) is 24.4 Å². The molecule has 0 spiro atoms. The summed E-state index contributed by atoms with van der Waals surface area (Å²) in [6, 6.07) is 14.3. The topological polar surface area (TPSA) is 67.9 Å². The van der Waals surface area contributed by atoms with Crippen LogP contribution in [0.15, 0.2) is 65.5 Å². The minimum atomic E-state index is 0.324. The van der Waals surface area contributed by atoms with Gasteiger partial charge in [0.1, 0.15) is 0 Å². The molecule has 6 heteroatoms. The van der Waals surface area contributed by atoms with Crippen LogP contribution in [-0.2, 0) is 6.54 Å². The summed E-state index contributed by atoms with van der Waals surface area (Å²) >= 11 is 0. The van der Waals surface area contributed by atoms with Crippen molar-refractivity contribution in [2.45, 2.75) is 25.3 Å². The number of piperidine rings is 1. The van der Waals surface area contributed by atoms with Gasteiger partial charge in [-0.15, -0.1) is 10.2 Å². The first kappa shape index (κ1) is 17.0. The number of likely N-dealkylation sites (tertiary alicyclic amines) is 1. The van der Waals surface area contributed by atoms with Crippen LogP contribution in [0.25, 0.3) is 22.4 Å². The van der Waals surface area contributed by atoms with Gasteiger partial charge in [-0.2, -0.15) is 0 Å². The van der Waals surface area contributed by atoms with E-state index in [-0.39, 0.29) is 0 Å². The van der Waals surface area contributed by atoms with Crippen LogP contribution in [0.3, 0.4) is 0 Å². The zero-order valence-electron chi connectivity index (χ0n) is 15.5. The molecule has 4 heterocycles. The highest BCUT2D eigenvalue weighted by Crippen LogP contribution is 2.30. The van der Waals surface area contributed by atoms with Crippen molar-refractivity contribution in [3.8, 4) is 11.5 Å². The van der Waals surface area contributed by atoms with Crippen LogP contribution in [0.5, 0.6) is 0 Å². The maximum atomic E-state index is 5.94. The van der Waals surface area contributed by atoms with Gasteiger partial charge < -0.3 is 4.42 Å². The number of para-hydroxylation sites is 1. The van der Waals surface area contributed by atoms with Gasteiger partial charge in [-0.05, 0) is 49.7 Å². The summed E-state index contributed by atoms with van der Waals surface area (Å²) in [5.41, 5.74) is 3.30. The number of aromatic nitrogens is 4. The summed E-state index contributed by atoms with van der Waals surface area (Å²) < 4.78 is 5.94. The van der Waals surface area contributed by atoms with Gasteiger partial charge in [0.05, 0.1) is 5.52 Å². The van der Waals surface area contributed by atoms with Gasteiger partial charge >= 0.3 is 0 Å². The molecule has 4 aromatic rings. The lowest BCUT2D eigenvalue weighted by Gasteiger charge is -2.30. The lowest BCUT2D eigenvalue weighted by Crippen LogP contribution is -2.32. The van der Waals surface area contributed by atoms with Crippen molar-refractivity contribution in [3.63, 3.8) is 0 Å². The standard InChI is InChI=1S/C22H21N5O/c1-3-16-5-2-10-24-20(16)19(4-1)15-27-13-8-18(9-14-27)22-26-25-21(28-22)17-6-11-23-12-7-17/h1-7,10-12,18H,8-9,13-15H2. The molecule has 1 saturated heterocycles. The van der Waals surface area contributed by atoms with E-state index in [0.29, 0.717) is 11.8 Å². The third-order valence-corrected chi connectivity index (χ3v) is 5.41. The van der Waals surface area contributed by atoms with E-state index < -0.39 is 0 Å². The minimum Gasteiger partial charge on any atom is -0.420 e. The van der Waals surface area contributed by atoms with Crippen LogP contribution in [-0.4, -0.2) is 38.2 Å². The molecule has 28 heavy (non-hydrogen) atoms. The fourth-order valence-electron chi connectivity index (χ4n) is 3.88. The van der Waals surface area contributed by atoms with Crippen LogP contribution in [0.1, 0.15) is 30.2 Å². The van der Waals surface area contributed by atoms with Crippen molar-refractivity contribution in [2.24, 2.45) is 0 Å². The Balaban J connectivity index is 1.25. The molecule has 3 aromatic heterocycles. The maximum Gasteiger partial charge on any atom is 0.247 e. The first-order valence-corrected chi connectivity index (χ1v) is 9.65. The number of pyridine rings is 2. The Morgan fingerprint density at radius 1 is 0.929 bits per heavy atom. The van der Waals surface area contributed by atoms with E-state index in [2.05, 4.69) is 49.3 Å². The van der Waals surface area contributed by atoms with Crippen molar-refractivity contribution in [3.05, 3.63) is 72.5 Å². The van der Waals surface area contributed by atoms with E-state index in [0.717, 1.165) is 49.4 Å². The van der Waals surface area contributed by atoms with E-state index in [9.17, 15) is 0 Å². The Kier molecular flexibility index (Phi) is 4.54. The lowest BCUT2D eigenvalue weighted by molar-refractivity contribution is 0.193. The van der Waals surface area contributed by atoms with Gasteiger partial charge in [0.25, 0.3) is 0 Å². The minimum absolute atomic E-state index is 0.324. The summed E-state index contributed by atoms with van der Waals surface area (Å²) in [6.45, 7) is 2.95. The number of hydrogen-bond acceptors (Lipinski definition) is 6. The molecular weight excluding hydrogens is 350 g/mol. The first-order valence-electron chi connectivity index (χ1n) is 9.65. The van der Waals surface area contributed by atoms with Gasteiger partial charge in [-0.1, -0.05) is 24.3 Å². The van der Waals surface area contributed by atoms with Gasteiger partial charge in [-0.25, -0.2) is 0 Å². The fourth-order valence-corrected chi connectivity index (χ4v) is 3.88. The average molecular weight is 371 g/mol. The van der Waals surface area contributed by atoms with Crippen LogP contribution in [0, 0.1) is 0 Å². The van der Waals surface area contributed by atoms with Crippen molar-refractivity contribution in [1.82, 2.24) is 25.1 Å². The molecule has 140 valence electrons. The summed E-state index contributed by atoms with van der Waals surface area (Å²) in [5, 5.41) is 9.72. The monoisotopic (exact) mass is 371 g/mol. The van der Waals surface area contributed by atoms with Crippen molar-refractivity contribution in [1.29, 1.82) is 0 Å². The van der Waals surface area contributed by atoms with Gasteiger partial charge in [-0.3, -0.25) is 14.9 Å². The Labute approximate surface area is 163 Å². The molecule has 0 N–H and O–H groups in total. The van der Waals surface area contributed by atoms with Crippen LogP contribution < -0.4 is 0 Å². The summed E-state index contributed by atoms with van der Waals surface area (Å²) in [6.07, 6.45) is 7.39. The molecule has 5 rings (SSSR count). The zero-order chi connectivity index (χ0) is 18.8. The molecule has 6 nitrogen and oxygen atoms in total. The van der Waals surface area contributed by atoms with E-state index >= 15 is 0 Å². The van der Waals surface area contributed by atoms with Crippen LogP contribution in [0.4, 0.5) is 0 Å². The van der Waals surface area contributed by atoms with Crippen LogP contribution in [0.2, 0.25) is 0 Å². The molecule has 1 fully saturated rings. The third-order valence-electron chi connectivity index (χ3n) is 5.41. The highest BCUT2D eigenvalue weighted by atomic mass is 16.4. The predicted octanol–water partition coefficient (Wildman–Crippen LogP) is 4.06. The normalized spacial score (nSPS) is 15.9. The SMILES string of the molecule is c1cnc2c(CN3CCC(c4nnc(-c5ccncc5)o4)CC3)cccc2c1.